The van der Waals surface area contributed by atoms with Gasteiger partial charge in [-0.15, -0.1) is 0 Å². The molecule has 0 spiro atoms. The van der Waals surface area contributed by atoms with Crippen molar-refractivity contribution in [1.82, 2.24) is 4.90 Å². The van der Waals surface area contributed by atoms with Gasteiger partial charge in [-0.2, -0.15) is 0 Å². The number of likely N-dealkylation sites (tertiary alicyclic amines) is 1. The molecule has 0 saturated carbocycles. The van der Waals surface area contributed by atoms with Crippen molar-refractivity contribution in [2.45, 2.75) is 25.9 Å². The van der Waals surface area contributed by atoms with E-state index in [1.54, 1.807) is 11.8 Å². The lowest BCUT2D eigenvalue weighted by molar-refractivity contribution is 0.0165. The quantitative estimate of drug-likeness (QED) is 0.709. The van der Waals surface area contributed by atoms with Crippen molar-refractivity contribution in [1.29, 1.82) is 0 Å². The van der Waals surface area contributed by atoms with Gasteiger partial charge in [0, 0.05) is 13.1 Å². The average Bonchev–Trinajstić information content (AvgIpc) is 2.28. The summed E-state index contributed by atoms with van der Waals surface area (Å²) in [5.41, 5.74) is 0. The number of amides is 1. The summed E-state index contributed by atoms with van der Waals surface area (Å²) in [6.07, 6.45) is 0.505. The molecule has 88 valence electrons. The van der Waals surface area contributed by atoms with Gasteiger partial charge in [-0.1, -0.05) is 0 Å². The highest BCUT2D eigenvalue weighted by molar-refractivity contribution is 5.67. The fraction of sp³-hybridized carbons (Fsp3) is 0.900. The van der Waals surface area contributed by atoms with Crippen molar-refractivity contribution in [3.8, 4) is 0 Å². The Kier molecular flexibility index (Phi) is 4.84. The largest absolute Gasteiger partial charge is 0.450 e. The highest BCUT2D eigenvalue weighted by atomic mass is 16.6. The first-order valence-corrected chi connectivity index (χ1v) is 5.39. The standard InChI is InChI=1S/C10H19NO4/c1-2-15-10(14)11-5-3-8(4-6-11)9(13)7-12/h8-9,12-13H,2-7H2,1H3. The summed E-state index contributed by atoms with van der Waals surface area (Å²) >= 11 is 0. The molecule has 0 aliphatic carbocycles. The number of carbonyl (C=O) groups excluding carboxylic acids is 1. The summed E-state index contributed by atoms with van der Waals surface area (Å²) in [6.45, 7) is 3.16. The second-order valence-corrected chi connectivity index (χ2v) is 3.77. The van der Waals surface area contributed by atoms with Crippen LogP contribution in [0.5, 0.6) is 0 Å². The van der Waals surface area contributed by atoms with E-state index < -0.39 is 6.10 Å². The first kappa shape index (κ1) is 12.3. The summed E-state index contributed by atoms with van der Waals surface area (Å²) in [7, 11) is 0. The second kappa shape index (κ2) is 5.92. The zero-order valence-electron chi connectivity index (χ0n) is 9.06. The fourth-order valence-electron chi connectivity index (χ4n) is 1.83. The number of carbonyl (C=O) groups is 1. The van der Waals surface area contributed by atoms with E-state index >= 15 is 0 Å². The number of aliphatic hydroxyl groups is 2. The van der Waals surface area contributed by atoms with Crippen molar-refractivity contribution in [2.75, 3.05) is 26.3 Å². The van der Waals surface area contributed by atoms with Crippen molar-refractivity contribution in [2.24, 2.45) is 5.92 Å². The SMILES string of the molecule is CCOC(=O)N1CCC(C(O)CO)CC1. The molecule has 1 unspecified atom stereocenters. The van der Waals surface area contributed by atoms with E-state index in [2.05, 4.69) is 0 Å². The van der Waals surface area contributed by atoms with Gasteiger partial charge in [-0.3, -0.25) is 0 Å². The minimum Gasteiger partial charge on any atom is -0.450 e. The Balaban J connectivity index is 2.32. The molecule has 5 nitrogen and oxygen atoms in total. The lowest BCUT2D eigenvalue weighted by Crippen LogP contribution is -2.42. The highest BCUT2D eigenvalue weighted by Gasteiger charge is 2.27. The van der Waals surface area contributed by atoms with Crippen LogP contribution in [0.25, 0.3) is 0 Å². The Morgan fingerprint density at radius 3 is 2.60 bits per heavy atom. The molecule has 1 aliphatic heterocycles. The molecule has 1 saturated heterocycles. The predicted molar refractivity (Wildman–Crippen MR) is 54.4 cm³/mol. The molecular formula is C10H19NO4. The predicted octanol–water partition coefficient (Wildman–Crippen LogP) is 0.208. The van der Waals surface area contributed by atoms with E-state index in [9.17, 15) is 9.90 Å². The van der Waals surface area contributed by atoms with Crippen LogP contribution in [0, 0.1) is 5.92 Å². The van der Waals surface area contributed by atoms with Crippen LogP contribution in [0.4, 0.5) is 4.79 Å². The average molecular weight is 217 g/mol. The Morgan fingerprint density at radius 2 is 2.13 bits per heavy atom. The molecule has 1 atom stereocenters. The van der Waals surface area contributed by atoms with Gasteiger partial charge in [0.25, 0.3) is 0 Å². The lowest BCUT2D eigenvalue weighted by atomic mass is 9.92. The molecule has 1 rings (SSSR count). The molecule has 1 aliphatic rings. The second-order valence-electron chi connectivity index (χ2n) is 3.77. The van der Waals surface area contributed by atoms with Crippen LogP contribution in [0.2, 0.25) is 0 Å². The Bertz CT molecular complexity index is 202. The van der Waals surface area contributed by atoms with E-state index in [1.807, 2.05) is 0 Å². The molecule has 15 heavy (non-hydrogen) atoms. The number of hydrogen-bond acceptors (Lipinski definition) is 4. The summed E-state index contributed by atoms with van der Waals surface area (Å²) in [6, 6.07) is 0. The van der Waals surface area contributed by atoms with Crippen molar-refractivity contribution in [3.05, 3.63) is 0 Å². The number of hydrogen-bond donors (Lipinski definition) is 2. The minimum atomic E-state index is -0.658. The molecule has 0 bridgehead atoms. The molecule has 1 fully saturated rings. The summed E-state index contributed by atoms with van der Waals surface area (Å²) < 4.78 is 4.88. The van der Waals surface area contributed by atoms with Gasteiger partial charge in [0.15, 0.2) is 0 Å². The first-order valence-electron chi connectivity index (χ1n) is 5.39. The molecule has 0 radical (unpaired) electrons. The van der Waals surface area contributed by atoms with E-state index in [4.69, 9.17) is 9.84 Å². The maximum Gasteiger partial charge on any atom is 0.409 e. The number of rotatable bonds is 3. The smallest absolute Gasteiger partial charge is 0.409 e. The van der Waals surface area contributed by atoms with Crippen LogP contribution < -0.4 is 0 Å². The maximum atomic E-state index is 11.3. The van der Waals surface area contributed by atoms with Crippen LogP contribution >= 0.6 is 0 Å². The van der Waals surface area contributed by atoms with E-state index in [0.29, 0.717) is 19.7 Å². The van der Waals surface area contributed by atoms with Gasteiger partial charge in [0.2, 0.25) is 0 Å². The van der Waals surface area contributed by atoms with Gasteiger partial charge in [-0.05, 0) is 25.7 Å². The third kappa shape index (κ3) is 3.35. The third-order valence-electron chi connectivity index (χ3n) is 2.80. The van der Waals surface area contributed by atoms with E-state index in [-0.39, 0.29) is 18.6 Å². The fourth-order valence-corrected chi connectivity index (χ4v) is 1.83. The third-order valence-corrected chi connectivity index (χ3v) is 2.80. The molecular weight excluding hydrogens is 198 g/mol. The Morgan fingerprint density at radius 1 is 1.53 bits per heavy atom. The van der Waals surface area contributed by atoms with Crippen LogP contribution in [-0.2, 0) is 4.74 Å². The van der Waals surface area contributed by atoms with E-state index in [0.717, 1.165) is 12.8 Å². The molecule has 0 aromatic carbocycles. The zero-order valence-corrected chi connectivity index (χ0v) is 9.06. The number of aliphatic hydroxyl groups excluding tert-OH is 2. The molecule has 0 aromatic rings. The van der Waals surface area contributed by atoms with Gasteiger partial charge in [0.05, 0.1) is 19.3 Å². The van der Waals surface area contributed by atoms with Crippen molar-refractivity contribution in [3.63, 3.8) is 0 Å². The topological polar surface area (TPSA) is 70.0 Å². The molecule has 1 heterocycles. The zero-order chi connectivity index (χ0) is 11.3. The summed E-state index contributed by atoms with van der Waals surface area (Å²) in [5, 5.41) is 18.2. The molecule has 0 aromatic heterocycles. The maximum absolute atomic E-state index is 11.3. The van der Waals surface area contributed by atoms with Crippen molar-refractivity contribution >= 4 is 6.09 Å². The Labute approximate surface area is 89.6 Å². The Hall–Kier alpha value is -0.810. The van der Waals surface area contributed by atoms with Gasteiger partial charge in [-0.25, -0.2) is 4.79 Å². The summed E-state index contributed by atoms with van der Waals surface area (Å²) in [5.74, 6) is 0.0978. The number of piperidine rings is 1. The van der Waals surface area contributed by atoms with Crippen LogP contribution in [0.15, 0.2) is 0 Å². The van der Waals surface area contributed by atoms with Gasteiger partial charge in [0.1, 0.15) is 0 Å². The van der Waals surface area contributed by atoms with E-state index in [1.165, 1.54) is 0 Å². The van der Waals surface area contributed by atoms with Gasteiger partial charge >= 0.3 is 6.09 Å². The monoisotopic (exact) mass is 217 g/mol. The first-order chi connectivity index (χ1) is 7.19. The number of nitrogens with zero attached hydrogens (tertiary/aromatic N) is 1. The highest BCUT2D eigenvalue weighted by Crippen LogP contribution is 2.20. The lowest BCUT2D eigenvalue weighted by Gasteiger charge is -2.32. The van der Waals surface area contributed by atoms with Crippen LogP contribution in [0.1, 0.15) is 19.8 Å². The van der Waals surface area contributed by atoms with Crippen LogP contribution in [0.3, 0.4) is 0 Å². The molecule has 5 heteroatoms. The molecule has 1 amide bonds. The van der Waals surface area contributed by atoms with Gasteiger partial charge < -0.3 is 19.8 Å². The minimum absolute atomic E-state index is 0.0978. The van der Waals surface area contributed by atoms with Crippen LogP contribution in [-0.4, -0.2) is 53.6 Å². The number of ether oxygens (including phenoxy) is 1. The normalized spacial score (nSPS) is 20.1. The summed E-state index contributed by atoms with van der Waals surface area (Å²) in [4.78, 5) is 13.0. The van der Waals surface area contributed by atoms with Crippen molar-refractivity contribution < 1.29 is 19.7 Å². The molecule has 2 N–H and O–H groups in total.